The average Bonchev–Trinajstić information content (AvgIpc) is 3.11. The van der Waals surface area contributed by atoms with Gasteiger partial charge in [0.1, 0.15) is 6.04 Å². The Morgan fingerprint density at radius 2 is 1.76 bits per heavy atom. The number of carbonyl (C=O) groups is 1. The fourth-order valence-electron chi connectivity index (χ4n) is 3.78. The number of H-pyrrole nitrogens is 1. The number of aliphatic carboxylic acids is 1. The quantitative estimate of drug-likeness (QED) is 0.645. The maximum Gasteiger partial charge on any atom is 0.325 e. The third-order valence-corrected chi connectivity index (χ3v) is 7.37. The molecule has 0 unspecified atom stereocenters. The summed E-state index contributed by atoms with van der Waals surface area (Å²) in [7, 11) is -3.59. The molecule has 3 aromatic rings. The Hall–Kier alpha value is -2.39. The van der Waals surface area contributed by atoms with Crippen molar-refractivity contribution in [3.05, 3.63) is 65.3 Å². The van der Waals surface area contributed by atoms with Crippen LogP contribution in [0.25, 0.3) is 10.9 Å². The van der Waals surface area contributed by atoms with Crippen LogP contribution < -0.4 is 0 Å². The van der Waals surface area contributed by atoms with Crippen molar-refractivity contribution in [2.75, 3.05) is 26.2 Å². The van der Waals surface area contributed by atoms with E-state index in [0.717, 1.165) is 10.9 Å². The molecule has 29 heavy (non-hydrogen) atoms. The van der Waals surface area contributed by atoms with Crippen LogP contribution >= 0.6 is 11.6 Å². The van der Waals surface area contributed by atoms with E-state index in [0.29, 0.717) is 23.7 Å². The van der Waals surface area contributed by atoms with Gasteiger partial charge in [-0.3, -0.25) is 9.69 Å². The van der Waals surface area contributed by atoms with E-state index in [1.807, 2.05) is 0 Å². The van der Waals surface area contributed by atoms with Crippen molar-refractivity contribution in [3.63, 3.8) is 0 Å². The molecule has 9 heteroatoms. The highest BCUT2D eigenvalue weighted by Crippen LogP contribution is 2.31. The zero-order valence-electron chi connectivity index (χ0n) is 15.5. The Bertz CT molecular complexity index is 1140. The zero-order valence-corrected chi connectivity index (χ0v) is 17.0. The monoisotopic (exact) mass is 433 g/mol. The second kappa shape index (κ2) is 7.79. The first-order chi connectivity index (χ1) is 13.9. The van der Waals surface area contributed by atoms with E-state index in [-0.39, 0.29) is 18.0 Å². The largest absolute Gasteiger partial charge is 0.480 e. The number of rotatable bonds is 5. The molecule has 7 nitrogen and oxygen atoms in total. The minimum Gasteiger partial charge on any atom is -0.480 e. The Kier molecular flexibility index (Phi) is 5.35. The van der Waals surface area contributed by atoms with Gasteiger partial charge in [0.2, 0.25) is 10.0 Å². The third-order valence-electron chi connectivity index (χ3n) is 5.22. The molecule has 2 heterocycles. The number of piperazine rings is 1. The molecular weight excluding hydrogens is 414 g/mol. The van der Waals surface area contributed by atoms with Gasteiger partial charge in [-0.05, 0) is 24.3 Å². The Labute approximate surface area is 173 Å². The summed E-state index contributed by atoms with van der Waals surface area (Å²) >= 11 is 6.02. The van der Waals surface area contributed by atoms with Gasteiger partial charge in [-0.25, -0.2) is 8.42 Å². The number of carboxylic acids is 1. The lowest BCUT2D eigenvalue weighted by molar-refractivity contribution is -0.144. The van der Waals surface area contributed by atoms with Gasteiger partial charge >= 0.3 is 5.97 Å². The smallest absolute Gasteiger partial charge is 0.325 e. The number of halogens is 1. The van der Waals surface area contributed by atoms with E-state index in [1.54, 1.807) is 59.6 Å². The first kappa shape index (κ1) is 19.9. The van der Waals surface area contributed by atoms with E-state index < -0.39 is 22.0 Å². The van der Waals surface area contributed by atoms with Crippen LogP contribution in [-0.2, 0) is 14.8 Å². The Balaban J connectivity index is 1.56. The zero-order chi connectivity index (χ0) is 20.6. The number of fused-ring (bicyclic) bond motifs is 1. The number of nitrogens with zero attached hydrogens (tertiary/aromatic N) is 2. The second-order valence-electron chi connectivity index (χ2n) is 6.93. The molecule has 4 rings (SSSR count). The minimum atomic E-state index is -3.59. The molecule has 1 fully saturated rings. The van der Waals surface area contributed by atoms with E-state index in [4.69, 9.17) is 11.6 Å². The minimum absolute atomic E-state index is 0.231. The third kappa shape index (κ3) is 3.76. The number of sulfonamides is 1. The number of benzene rings is 2. The first-order valence-corrected chi connectivity index (χ1v) is 11.0. The molecular formula is C20H20ClN3O4S. The second-order valence-corrected chi connectivity index (χ2v) is 9.30. The molecule has 1 saturated heterocycles. The van der Waals surface area contributed by atoms with Gasteiger partial charge in [0.25, 0.3) is 0 Å². The van der Waals surface area contributed by atoms with Crippen LogP contribution in [0.3, 0.4) is 0 Å². The summed E-state index contributed by atoms with van der Waals surface area (Å²) in [6.07, 6.45) is 1.69. The van der Waals surface area contributed by atoms with Crippen LogP contribution in [0, 0.1) is 0 Å². The molecule has 0 spiro atoms. The summed E-state index contributed by atoms with van der Waals surface area (Å²) < 4.78 is 27.0. The molecule has 1 aliphatic heterocycles. The fourth-order valence-corrected chi connectivity index (χ4v) is 5.39. The number of hydrogen-bond acceptors (Lipinski definition) is 4. The summed E-state index contributed by atoms with van der Waals surface area (Å²) in [6, 6.07) is 12.7. The van der Waals surface area contributed by atoms with Crippen LogP contribution in [0.4, 0.5) is 0 Å². The van der Waals surface area contributed by atoms with E-state index in [2.05, 4.69) is 4.98 Å². The molecule has 2 aromatic carbocycles. The maximum atomic E-state index is 12.8. The highest BCUT2D eigenvalue weighted by Gasteiger charge is 2.35. The SMILES string of the molecule is O=C(O)[C@@H](c1c[nH]c2cc(Cl)ccc12)N1CCN(S(=O)(=O)c2ccccc2)CC1. The van der Waals surface area contributed by atoms with Crippen molar-refractivity contribution in [2.45, 2.75) is 10.9 Å². The Morgan fingerprint density at radius 1 is 1.07 bits per heavy atom. The molecule has 2 N–H and O–H groups in total. The number of nitrogens with one attached hydrogen (secondary N) is 1. The molecule has 0 radical (unpaired) electrons. The van der Waals surface area contributed by atoms with Crippen LogP contribution in [0.2, 0.25) is 5.02 Å². The van der Waals surface area contributed by atoms with Gasteiger partial charge in [0, 0.05) is 53.9 Å². The van der Waals surface area contributed by atoms with Crippen molar-refractivity contribution in [1.82, 2.24) is 14.2 Å². The number of aromatic amines is 1. The number of hydrogen-bond donors (Lipinski definition) is 2. The molecule has 0 saturated carbocycles. The molecule has 1 aromatic heterocycles. The van der Waals surface area contributed by atoms with E-state index in [9.17, 15) is 18.3 Å². The molecule has 0 aliphatic carbocycles. The maximum absolute atomic E-state index is 12.8. The molecule has 1 atom stereocenters. The van der Waals surface area contributed by atoms with Gasteiger partial charge in [-0.15, -0.1) is 0 Å². The number of aromatic nitrogens is 1. The van der Waals surface area contributed by atoms with Crippen LogP contribution in [0.15, 0.2) is 59.6 Å². The molecule has 0 bridgehead atoms. The van der Waals surface area contributed by atoms with Crippen molar-refractivity contribution in [2.24, 2.45) is 0 Å². The van der Waals surface area contributed by atoms with Gasteiger partial charge in [0.05, 0.1) is 4.90 Å². The summed E-state index contributed by atoms with van der Waals surface area (Å²) in [6.45, 7) is 1.11. The van der Waals surface area contributed by atoms with Crippen LogP contribution in [0.5, 0.6) is 0 Å². The predicted octanol–water partition coefficient (Wildman–Crippen LogP) is 2.95. The van der Waals surface area contributed by atoms with Gasteiger partial charge < -0.3 is 10.1 Å². The summed E-state index contributed by atoms with van der Waals surface area (Å²) in [4.78, 5) is 17.2. The lowest BCUT2D eigenvalue weighted by atomic mass is 10.0. The van der Waals surface area contributed by atoms with Crippen LogP contribution in [0.1, 0.15) is 11.6 Å². The average molecular weight is 434 g/mol. The first-order valence-electron chi connectivity index (χ1n) is 9.16. The lowest BCUT2D eigenvalue weighted by Crippen LogP contribution is -2.50. The van der Waals surface area contributed by atoms with Crippen molar-refractivity contribution in [3.8, 4) is 0 Å². The molecule has 1 aliphatic rings. The predicted molar refractivity (Wildman–Crippen MR) is 110 cm³/mol. The standard InChI is InChI=1S/C20H20ClN3O4S/c21-14-6-7-16-17(13-22-18(16)12-14)19(20(25)26)23-8-10-24(11-9-23)29(27,28)15-4-2-1-3-5-15/h1-7,12-13,19,22H,8-11H2,(H,25,26)/t19-/m1/s1. The molecule has 0 amide bonds. The van der Waals surface area contributed by atoms with E-state index in [1.165, 1.54) is 4.31 Å². The normalized spacial score (nSPS) is 17.4. The summed E-state index contributed by atoms with van der Waals surface area (Å²) in [5, 5.41) is 11.3. The Morgan fingerprint density at radius 3 is 2.41 bits per heavy atom. The lowest BCUT2D eigenvalue weighted by Gasteiger charge is -2.37. The van der Waals surface area contributed by atoms with Gasteiger partial charge in [-0.2, -0.15) is 4.31 Å². The highest BCUT2D eigenvalue weighted by molar-refractivity contribution is 7.89. The van der Waals surface area contributed by atoms with Crippen LogP contribution in [-0.4, -0.2) is 59.9 Å². The molecule has 152 valence electrons. The van der Waals surface area contributed by atoms with E-state index >= 15 is 0 Å². The van der Waals surface area contributed by atoms with Crippen molar-refractivity contribution >= 4 is 38.5 Å². The topological polar surface area (TPSA) is 93.7 Å². The number of carboxylic acid groups (broad SMARTS) is 1. The van der Waals surface area contributed by atoms with Crippen molar-refractivity contribution in [1.29, 1.82) is 0 Å². The fraction of sp³-hybridized carbons (Fsp3) is 0.250. The van der Waals surface area contributed by atoms with Gasteiger partial charge in [0.15, 0.2) is 0 Å². The highest BCUT2D eigenvalue weighted by atomic mass is 35.5. The summed E-state index contributed by atoms with van der Waals surface area (Å²) in [5.41, 5.74) is 1.41. The van der Waals surface area contributed by atoms with Gasteiger partial charge in [-0.1, -0.05) is 35.9 Å². The van der Waals surface area contributed by atoms with Crippen molar-refractivity contribution < 1.29 is 18.3 Å². The summed E-state index contributed by atoms with van der Waals surface area (Å²) in [5.74, 6) is -0.972.